The van der Waals surface area contributed by atoms with Crippen molar-refractivity contribution in [2.45, 2.75) is 33.3 Å². The van der Waals surface area contributed by atoms with E-state index in [1.807, 2.05) is 26.0 Å². The monoisotopic (exact) mass is 336 g/mol. The van der Waals surface area contributed by atoms with Crippen LogP contribution in [0.5, 0.6) is 0 Å². The summed E-state index contributed by atoms with van der Waals surface area (Å²) < 4.78 is 14.1. The van der Waals surface area contributed by atoms with Gasteiger partial charge in [-0.25, -0.2) is 4.39 Å². The first-order valence-corrected chi connectivity index (χ1v) is 7.37. The molecule has 0 fully saturated rings. The van der Waals surface area contributed by atoms with Crippen molar-refractivity contribution < 1.29 is 9.50 Å². The van der Waals surface area contributed by atoms with Gasteiger partial charge in [0.2, 0.25) is 0 Å². The zero-order valence-electron chi connectivity index (χ0n) is 11.9. The van der Waals surface area contributed by atoms with Gasteiger partial charge in [-0.15, -0.1) is 0 Å². The summed E-state index contributed by atoms with van der Waals surface area (Å²) in [6.07, 6.45) is -0.220. The first-order valence-electron chi connectivity index (χ1n) is 6.57. The SMILES string of the molecule is Cc1cc(C)c(C(O)Cc2cc(F)cc(Br)c2)cc1C. The molecule has 3 heteroatoms. The van der Waals surface area contributed by atoms with Crippen molar-refractivity contribution in [3.05, 3.63) is 68.4 Å². The lowest BCUT2D eigenvalue weighted by atomic mass is 9.94. The highest BCUT2D eigenvalue weighted by Crippen LogP contribution is 2.26. The molecule has 0 aliphatic heterocycles. The molecular formula is C17H18BrFO. The molecule has 1 nitrogen and oxygen atoms in total. The van der Waals surface area contributed by atoms with Gasteiger partial charge in [0.05, 0.1) is 6.10 Å². The van der Waals surface area contributed by atoms with Gasteiger partial charge in [-0.3, -0.25) is 0 Å². The maximum Gasteiger partial charge on any atom is 0.124 e. The largest absolute Gasteiger partial charge is 0.388 e. The molecule has 0 spiro atoms. The van der Waals surface area contributed by atoms with Gasteiger partial charge in [0.15, 0.2) is 0 Å². The summed E-state index contributed by atoms with van der Waals surface area (Å²) in [5.74, 6) is -0.293. The van der Waals surface area contributed by atoms with Crippen molar-refractivity contribution >= 4 is 15.9 Å². The van der Waals surface area contributed by atoms with Crippen LogP contribution in [0.4, 0.5) is 4.39 Å². The second kappa shape index (κ2) is 6.06. The number of hydrogen-bond donors (Lipinski definition) is 1. The predicted molar refractivity (Wildman–Crippen MR) is 83.4 cm³/mol. The van der Waals surface area contributed by atoms with Crippen LogP contribution in [-0.4, -0.2) is 5.11 Å². The second-order valence-corrected chi connectivity index (χ2v) is 6.21. The summed E-state index contributed by atoms with van der Waals surface area (Å²) in [5, 5.41) is 10.4. The summed E-state index contributed by atoms with van der Waals surface area (Å²) in [6.45, 7) is 6.08. The lowest BCUT2D eigenvalue weighted by Gasteiger charge is -2.16. The zero-order valence-corrected chi connectivity index (χ0v) is 13.5. The van der Waals surface area contributed by atoms with Gasteiger partial charge in [-0.2, -0.15) is 0 Å². The molecule has 0 amide bonds. The topological polar surface area (TPSA) is 20.2 Å². The summed E-state index contributed by atoms with van der Waals surface area (Å²) in [6, 6.07) is 8.81. The van der Waals surface area contributed by atoms with Gasteiger partial charge >= 0.3 is 0 Å². The van der Waals surface area contributed by atoms with Crippen molar-refractivity contribution in [3.8, 4) is 0 Å². The Bertz CT molecular complexity index is 617. The summed E-state index contributed by atoms with van der Waals surface area (Å²) in [4.78, 5) is 0. The molecule has 1 atom stereocenters. The molecule has 2 aromatic carbocycles. The van der Waals surface area contributed by atoms with E-state index in [4.69, 9.17) is 0 Å². The van der Waals surface area contributed by atoms with Crippen molar-refractivity contribution in [1.82, 2.24) is 0 Å². The van der Waals surface area contributed by atoms with Crippen molar-refractivity contribution in [1.29, 1.82) is 0 Å². The molecule has 106 valence electrons. The van der Waals surface area contributed by atoms with Crippen LogP contribution in [0.1, 0.15) is 33.9 Å². The molecule has 0 saturated carbocycles. The molecule has 0 aliphatic carbocycles. The average Bonchev–Trinajstić information content (AvgIpc) is 2.32. The fourth-order valence-electron chi connectivity index (χ4n) is 2.40. The van der Waals surface area contributed by atoms with Crippen LogP contribution < -0.4 is 0 Å². The number of aryl methyl sites for hydroxylation is 3. The third-order valence-corrected chi connectivity index (χ3v) is 4.05. The Morgan fingerprint density at radius 1 is 1.00 bits per heavy atom. The van der Waals surface area contributed by atoms with Gasteiger partial charge in [-0.1, -0.05) is 28.1 Å². The normalized spacial score (nSPS) is 12.5. The number of aliphatic hydroxyl groups excluding tert-OH is 1. The van der Waals surface area contributed by atoms with Crippen molar-refractivity contribution in [2.24, 2.45) is 0 Å². The second-order valence-electron chi connectivity index (χ2n) is 5.29. The first kappa shape index (κ1) is 15.2. The van der Waals surface area contributed by atoms with Gasteiger partial charge in [0, 0.05) is 10.9 Å². The maximum absolute atomic E-state index is 13.4. The zero-order chi connectivity index (χ0) is 14.9. The Labute approximate surface area is 127 Å². The lowest BCUT2D eigenvalue weighted by Crippen LogP contribution is -2.05. The van der Waals surface area contributed by atoms with E-state index in [9.17, 15) is 9.50 Å². The van der Waals surface area contributed by atoms with Crippen molar-refractivity contribution in [2.75, 3.05) is 0 Å². The average molecular weight is 337 g/mol. The van der Waals surface area contributed by atoms with E-state index < -0.39 is 6.10 Å². The van der Waals surface area contributed by atoms with E-state index in [2.05, 4.69) is 28.9 Å². The predicted octanol–water partition coefficient (Wildman–Crippen LogP) is 4.79. The molecule has 0 radical (unpaired) electrons. The van der Waals surface area contributed by atoms with Crippen LogP contribution in [0.25, 0.3) is 0 Å². The van der Waals surface area contributed by atoms with E-state index >= 15 is 0 Å². The van der Waals surface area contributed by atoms with Gasteiger partial charge in [-0.05, 0) is 66.8 Å². The molecule has 1 unspecified atom stereocenters. The Balaban J connectivity index is 2.28. The van der Waals surface area contributed by atoms with Gasteiger partial charge < -0.3 is 5.11 Å². The van der Waals surface area contributed by atoms with Crippen LogP contribution in [0.15, 0.2) is 34.8 Å². The third kappa shape index (κ3) is 3.47. The van der Waals surface area contributed by atoms with Crippen LogP contribution in [0.2, 0.25) is 0 Å². The first-order chi connectivity index (χ1) is 9.36. The Kier molecular flexibility index (Phi) is 4.61. The molecule has 0 heterocycles. The Hall–Kier alpha value is -1.19. The minimum absolute atomic E-state index is 0.293. The molecule has 2 aromatic rings. The van der Waals surface area contributed by atoms with E-state index in [1.165, 1.54) is 17.7 Å². The van der Waals surface area contributed by atoms with Crippen LogP contribution in [0.3, 0.4) is 0 Å². The number of aliphatic hydroxyl groups is 1. The molecule has 1 N–H and O–H groups in total. The number of hydrogen-bond acceptors (Lipinski definition) is 1. The minimum atomic E-state index is -0.622. The highest BCUT2D eigenvalue weighted by Gasteiger charge is 2.13. The summed E-state index contributed by atoms with van der Waals surface area (Å²) in [7, 11) is 0. The standard InChI is InChI=1S/C17H18BrFO/c1-10-4-12(3)16(5-11(10)2)17(20)8-13-6-14(18)9-15(19)7-13/h4-7,9,17,20H,8H2,1-3H3. The van der Waals surface area contributed by atoms with E-state index in [-0.39, 0.29) is 5.82 Å². The Morgan fingerprint density at radius 3 is 2.30 bits per heavy atom. The highest BCUT2D eigenvalue weighted by molar-refractivity contribution is 9.10. The van der Waals surface area contributed by atoms with E-state index in [1.54, 1.807) is 0 Å². The highest BCUT2D eigenvalue weighted by atomic mass is 79.9. The fraction of sp³-hybridized carbons (Fsp3) is 0.294. The lowest BCUT2D eigenvalue weighted by molar-refractivity contribution is 0.177. The minimum Gasteiger partial charge on any atom is -0.388 e. The van der Waals surface area contributed by atoms with E-state index in [0.29, 0.717) is 10.9 Å². The number of benzene rings is 2. The van der Waals surface area contributed by atoms with Crippen molar-refractivity contribution in [3.63, 3.8) is 0 Å². The third-order valence-electron chi connectivity index (χ3n) is 3.59. The van der Waals surface area contributed by atoms with Crippen LogP contribution in [-0.2, 0) is 6.42 Å². The molecule has 0 aliphatic rings. The maximum atomic E-state index is 13.4. The molecule has 2 rings (SSSR count). The molecule has 0 saturated heterocycles. The smallest absolute Gasteiger partial charge is 0.124 e. The number of halogens is 2. The quantitative estimate of drug-likeness (QED) is 0.854. The number of rotatable bonds is 3. The van der Waals surface area contributed by atoms with E-state index in [0.717, 1.165) is 22.3 Å². The molecule has 0 aromatic heterocycles. The Morgan fingerprint density at radius 2 is 1.65 bits per heavy atom. The fourth-order valence-corrected chi connectivity index (χ4v) is 2.92. The van der Waals surface area contributed by atoms with Gasteiger partial charge in [0.25, 0.3) is 0 Å². The van der Waals surface area contributed by atoms with Crippen LogP contribution in [0, 0.1) is 26.6 Å². The molecular weight excluding hydrogens is 319 g/mol. The summed E-state index contributed by atoms with van der Waals surface area (Å²) >= 11 is 3.27. The molecule has 20 heavy (non-hydrogen) atoms. The summed E-state index contributed by atoms with van der Waals surface area (Å²) in [5.41, 5.74) is 5.13. The van der Waals surface area contributed by atoms with Gasteiger partial charge in [0.1, 0.15) is 5.82 Å². The molecule has 0 bridgehead atoms. The van der Waals surface area contributed by atoms with Crippen LogP contribution >= 0.6 is 15.9 Å².